The first-order valence-electron chi connectivity index (χ1n) is 8.40. The van der Waals surface area contributed by atoms with Crippen molar-refractivity contribution >= 4 is 17.6 Å². The molecule has 0 bridgehead atoms. The third-order valence-electron chi connectivity index (χ3n) is 4.65. The van der Waals surface area contributed by atoms with E-state index in [1.54, 1.807) is 18.1 Å². The highest BCUT2D eigenvalue weighted by Gasteiger charge is 2.24. The Bertz CT molecular complexity index is 584. The van der Waals surface area contributed by atoms with E-state index in [4.69, 9.17) is 0 Å². The summed E-state index contributed by atoms with van der Waals surface area (Å²) in [7, 11) is 1.80. The standard InChI is InChI=1S/C17H24N4O2/c1-19(12-13-20-11-5-7-15(20)22)17(23)14-6-4-8-18-16(14)21-9-2-3-10-21/h4,6,8H,2-3,5,7,9-13H2,1H3. The van der Waals surface area contributed by atoms with Crippen molar-refractivity contribution in [3.63, 3.8) is 0 Å². The van der Waals surface area contributed by atoms with Crippen molar-refractivity contribution in [3.05, 3.63) is 23.9 Å². The maximum absolute atomic E-state index is 12.8. The Balaban J connectivity index is 1.66. The number of hydrogen-bond acceptors (Lipinski definition) is 4. The molecule has 2 amide bonds. The lowest BCUT2D eigenvalue weighted by molar-refractivity contribution is -0.127. The van der Waals surface area contributed by atoms with Crippen molar-refractivity contribution in [2.45, 2.75) is 25.7 Å². The summed E-state index contributed by atoms with van der Waals surface area (Å²) in [6, 6.07) is 3.66. The Hall–Kier alpha value is -2.11. The molecule has 0 spiro atoms. The zero-order valence-corrected chi connectivity index (χ0v) is 13.7. The highest BCUT2D eigenvalue weighted by atomic mass is 16.2. The highest BCUT2D eigenvalue weighted by Crippen LogP contribution is 2.23. The van der Waals surface area contributed by atoms with Gasteiger partial charge in [0.15, 0.2) is 0 Å². The lowest BCUT2D eigenvalue weighted by atomic mass is 10.2. The minimum atomic E-state index is -0.0216. The largest absolute Gasteiger partial charge is 0.356 e. The SMILES string of the molecule is CN(CCN1CCCC1=O)C(=O)c1cccnc1N1CCCC1. The van der Waals surface area contributed by atoms with Gasteiger partial charge in [-0.25, -0.2) is 4.98 Å². The van der Waals surface area contributed by atoms with Gasteiger partial charge in [0.25, 0.3) is 5.91 Å². The zero-order valence-electron chi connectivity index (χ0n) is 13.7. The molecule has 0 atom stereocenters. The van der Waals surface area contributed by atoms with Gasteiger partial charge in [-0.2, -0.15) is 0 Å². The summed E-state index contributed by atoms with van der Waals surface area (Å²) in [5.74, 6) is 0.968. The van der Waals surface area contributed by atoms with E-state index in [0.717, 1.165) is 44.7 Å². The van der Waals surface area contributed by atoms with Crippen molar-refractivity contribution < 1.29 is 9.59 Å². The number of likely N-dealkylation sites (tertiary alicyclic amines) is 1. The van der Waals surface area contributed by atoms with Crippen LogP contribution in [0.5, 0.6) is 0 Å². The van der Waals surface area contributed by atoms with E-state index in [0.29, 0.717) is 25.1 Å². The second-order valence-electron chi connectivity index (χ2n) is 6.28. The molecular weight excluding hydrogens is 292 g/mol. The molecule has 1 aromatic heterocycles. The molecule has 2 aliphatic rings. The Morgan fingerprint density at radius 2 is 2.04 bits per heavy atom. The van der Waals surface area contributed by atoms with Crippen LogP contribution in [0.2, 0.25) is 0 Å². The second kappa shape index (κ2) is 6.98. The van der Waals surface area contributed by atoms with Gasteiger partial charge in [-0.3, -0.25) is 9.59 Å². The Labute approximate surface area is 137 Å². The molecule has 0 N–H and O–H groups in total. The van der Waals surface area contributed by atoms with Crippen LogP contribution in [0.25, 0.3) is 0 Å². The van der Waals surface area contributed by atoms with Crippen LogP contribution in [0.4, 0.5) is 5.82 Å². The van der Waals surface area contributed by atoms with Crippen LogP contribution in [0.15, 0.2) is 18.3 Å². The van der Waals surface area contributed by atoms with Crippen molar-refractivity contribution in [2.24, 2.45) is 0 Å². The average Bonchev–Trinajstić information content (AvgIpc) is 3.23. The van der Waals surface area contributed by atoms with Crippen molar-refractivity contribution in [1.29, 1.82) is 0 Å². The quantitative estimate of drug-likeness (QED) is 0.823. The molecule has 3 rings (SSSR count). The fourth-order valence-corrected chi connectivity index (χ4v) is 3.26. The maximum atomic E-state index is 12.8. The molecule has 0 unspecified atom stereocenters. The lowest BCUT2D eigenvalue weighted by Gasteiger charge is -2.24. The van der Waals surface area contributed by atoms with E-state index in [1.165, 1.54) is 0 Å². The number of likely N-dealkylation sites (N-methyl/N-ethyl adjacent to an activating group) is 1. The van der Waals surface area contributed by atoms with Crippen LogP contribution in [0.3, 0.4) is 0 Å². The van der Waals surface area contributed by atoms with Gasteiger partial charge < -0.3 is 14.7 Å². The van der Waals surface area contributed by atoms with E-state index in [9.17, 15) is 9.59 Å². The highest BCUT2D eigenvalue weighted by molar-refractivity contribution is 5.98. The number of carbonyl (C=O) groups excluding carboxylic acids is 2. The summed E-state index contributed by atoms with van der Waals surface area (Å²) in [6.07, 6.45) is 5.61. The molecule has 124 valence electrons. The molecule has 0 aliphatic carbocycles. The van der Waals surface area contributed by atoms with Crippen LogP contribution in [-0.4, -0.2) is 66.4 Å². The summed E-state index contributed by atoms with van der Waals surface area (Å²) >= 11 is 0. The molecule has 6 nitrogen and oxygen atoms in total. The Morgan fingerprint density at radius 3 is 2.74 bits per heavy atom. The zero-order chi connectivity index (χ0) is 16.2. The third-order valence-corrected chi connectivity index (χ3v) is 4.65. The van der Waals surface area contributed by atoms with E-state index < -0.39 is 0 Å². The number of pyridine rings is 1. The molecule has 23 heavy (non-hydrogen) atoms. The molecule has 1 aromatic rings. The predicted molar refractivity (Wildman–Crippen MR) is 88.5 cm³/mol. The average molecular weight is 316 g/mol. The minimum absolute atomic E-state index is 0.0216. The number of carbonyl (C=O) groups is 2. The van der Waals surface area contributed by atoms with E-state index >= 15 is 0 Å². The van der Waals surface area contributed by atoms with Gasteiger partial charge >= 0.3 is 0 Å². The fourth-order valence-electron chi connectivity index (χ4n) is 3.26. The van der Waals surface area contributed by atoms with Crippen LogP contribution in [-0.2, 0) is 4.79 Å². The van der Waals surface area contributed by atoms with Gasteiger partial charge in [0.05, 0.1) is 5.56 Å². The van der Waals surface area contributed by atoms with Crippen molar-refractivity contribution in [2.75, 3.05) is 44.7 Å². The van der Waals surface area contributed by atoms with Gasteiger partial charge in [-0.05, 0) is 31.4 Å². The molecule has 0 saturated carbocycles. The molecule has 2 fully saturated rings. The Morgan fingerprint density at radius 1 is 1.26 bits per heavy atom. The number of nitrogens with zero attached hydrogens (tertiary/aromatic N) is 4. The fraction of sp³-hybridized carbons (Fsp3) is 0.588. The molecule has 0 radical (unpaired) electrons. The normalized spacial score (nSPS) is 17.9. The summed E-state index contributed by atoms with van der Waals surface area (Å²) in [6.45, 7) is 3.90. The van der Waals surface area contributed by atoms with Gasteiger partial charge in [-0.15, -0.1) is 0 Å². The summed E-state index contributed by atoms with van der Waals surface area (Å²) < 4.78 is 0. The van der Waals surface area contributed by atoms with Crippen LogP contribution in [0, 0.1) is 0 Å². The number of hydrogen-bond donors (Lipinski definition) is 0. The molecular formula is C17H24N4O2. The minimum Gasteiger partial charge on any atom is -0.356 e. The molecule has 6 heteroatoms. The number of aromatic nitrogens is 1. The van der Waals surface area contributed by atoms with Crippen LogP contribution >= 0.6 is 0 Å². The molecule has 2 saturated heterocycles. The third kappa shape index (κ3) is 3.46. The first-order valence-corrected chi connectivity index (χ1v) is 8.40. The number of anilines is 1. The van der Waals surface area contributed by atoms with Crippen LogP contribution in [0.1, 0.15) is 36.0 Å². The molecule has 2 aliphatic heterocycles. The molecule has 0 aromatic carbocycles. The van der Waals surface area contributed by atoms with E-state index in [-0.39, 0.29) is 11.8 Å². The van der Waals surface area contributed by atoms with Crippen molar-refractivity contribution in [3.8, 4) is 0 Å². The first kappa shape index (κ1) is 15.8. The predicted octanol–water partition coefficient (Wildman–Crippen LogP) is 1.38. The van der Waals surface area contributed by atoms with Crippen molar-refractivity contribution in [1.82, 2.24) is 14.8 Å². The molecule has 3 heterocycles. The Kier molecular flexibility index (Phi) is 4.79. The summed E-state index contributed by atoms with van der Waals surface area (Å²) in [5.41, 5.74) is 0.657. The topological polar surface area (TPSA) is 56.8 Å². The van der Waals surface area contributed by atoms with Gasteiger partial charge in [0, 0.05) is 52.4 Å². The van der Waals surface area contributed by atoms with Gasteiger partial charge in [0.2, 0.25) is 5.91 Å². The van der Waals surface area contributed by atoms with E-state index in [2.05, 4.69) is 9.88 Å². The maximum Gasteiger partial charge on any atom is 0.257 e. The summed E-state index contributed by atoms with van der Waals surface area (Å²) in [5, 5.41) is 0. The van der Waals surface area contributed by atoms with Gasteiger partial charge in [0.1, 0.15) is 5.82 Å². The lowest BCUT2D eigenvalue weighted by Crippen LogP contribution is -2.37. The second-order valence-corrected chi connectivity index (χ2v) is 6.28. The van der Waals surface area contributed by atoms with Gasteiger partial charge in [-0.1, -0.05) is 0 Å². The van der Waals surface area contributed by atoms with Crippen LogP contribution < -0.4 is 4.90 Å². The summed E-state index contributed by atoms with van der Waals surface area (Å²) in [4.78, 5) is 34.6. The van der Waals surface area contributed by atoms with E-state index in [1.807, 2.05) is 17.0 Å². The number of rotatable bonds is 5. The smallest absolute Gasteiger partial charge is 0.257 e. The monoisotopic (exact) mass is 316 g/mol. The first-order chi connectivity index (χ1) is 11.2. The number of amides is 2.